The van der Waals surface area contributed by atoms with Gasteiger partial charge in [0.25, 0.3) is 0 Å². The van der Waals surface area contributed by atoms with Crippen LogP contribution in [0.1, 0.15) is 42.0 Å². The lowest BCUT2D eigenvalue weighted by molar-refractivity contribution is -0.153. The Morgan fingerprint density at radius 2 is 1.79 bits per heavy atom. The number of benzene rings is 2. The average molecular weight is 462 g/mol. The van der Waals surface area contributed by atoms with Crippen molar-refractivity contribution in [3.05, 3.63) is 102 Å². The fourth-order valence-electron chi connectivity index (χ4n) is 5.25. The van der Waals surface area contributed by atoms with Crippen LogP contribution in [0.3, 0.4) is 0 Å². The molecule has 1 aliphatic carbocycles. The minimum absolute atomic E-state index is 0.359. The molecule has 1 aliphatic rings. The molecule has 3 aromatic rings. The van der Waals surface area contributed by atoms with E-state index in [9.17, 15) is 24.5 Å². The molecule has 34 heavy (non-hydrogen) atoms. The van der Waals surface area contributed by atoms with Gasteiger partial charge in [-0.25, -0.2) is 4.39 Å². The van der Waals surface area contributed by atoms with Crippen molar-refractivity contribution in [3.63, 3.8) is 0 Å². The van der Waals surface area contributed by atoms with E-state index < -0.39 is 41.2 Å². The van der Waals surface area contributed by atoms with Crippen LogP contribution in [0.15, 0.2) is 73.4 Å². The van der Waals surface area contributed by atoms with Gasteiger partial charge in [0, 0.05) is 24.1 Å². The maximum absolute atomic E-state index is 13.6. The summed E-state index contributed by atoms with van der Waals surface area (Å²) in [6.45, 7) is 7.07. The van der Waals surface area contributed by atoms with Crippen molar-refractivity contribution < 1.29 is 24.5 Å². The van der Waals surface area contributed by atoms with Crippen molar-refractivity contribution in [3.8, 4) is 11.3 Å². The van der Waals surface area contributed by atoms with Crippen molar-refractivity contribution >= 4 is 5.97 Å². The molecule has 4 unspecified atom stereocenters. The van der Waals surface area contributed by atoms with Gasteiger partial charge in [0.15, 0.2) is 0 Å². The van der Waals surface area contributed by atoms with Crippen molar-refractivity contribution in [1.29, 1.82) is 0 Å². The van der Waals surface area contributed by atoms with Gasteiger partial charge in [0.05, 0.1) is 17.9 Å². The molecule has 176 valence electrons. The summed E-state index contributed by atoms with van der Waals surface area (Å²) in [5, 5.41) is 33.1. The Labute approximate surface area is 198 Å². The first-order valence-corrected chi connectivity index (χ1v) is 11.3. The first-order valence-electron chi connectivity index (χ1n) is 11.3. The number of carboxylic acids is 1. The summed E-state index contributed by atoms with van der Waals surface area (Å²) in [4.78, 5) is 17.6. The molecule has 1 heterocycles. The minimum atomic E-state index is -1.79. The molecule has 0 spiro atoms. The van der Waals surface area contributed by atoms with Crippen LogP contribution < -0.4 is 0 Å². The van der Waals surface area contributed by atoms with Gasteiger partial charge < -0.3 is 15.3 Å². The lowest BCUT2D eigenvalue weighted by atomic mass is 9.63. The molecule has 3 N–H and O–H groups in total. The highest BCUT2D eigenvalue weighted by atomic mass is 19.1. The predicted molar refractivity (Wildman–Crippen MR) is 128 cm³/mol. The summed E-state index contributed by atoms with van der Waals surface area (Å²) < 4.78 is 13.6. The number of aliphatic hydroxyl groups excluding tert-OH is 2. The first-order chi connectivity index (χ1) is 16.2. The number of nitrogens with zero attached hydrogens (tertiary/aromatic N) is 1. The smallest absolute Gasteiger partial charge is 0.317 e. The van der Waals surface area contributed by atoms with Crippen LogP contribution in [0.2, 0.25) is 0 Å². The first kappa shape index (κ1) is 23.8. The Morgan fingerprint density at radius 3 is 2.41 bits per heavy atom. The Balaban J connectivity index is 1.87. The minimum Gasteiger partial charge on any atom is -0.480 e. The summed E-state index contributed by atoms with van der Waals surface area (Å²) in [5.41, 5.74) is 2.80. The highest BCUT2D eigenvalue weighted by molar-refractivity contribution is 5.84. The number of carbonyl (C=O) groups is 1. The largest absolute Gasteiger partial charge is 0.480 e. The number of halogens is 1. The van der Waals surface area contributed by atoms with Crippen LogP contribution in [0.25, 0.3) is 11.3 Å². The van der Waals surface area contributed by atoms with E-state index in [1.807, 2.05) is 30.3 Å². The molecule has 5 nitrogen and oxygen atoms in total. The van der Waals surface area contributed by atoms with Crippen LogP contribution in [0.4, 0.5) is 4.39 Å². The second-order valence-corrected chi connectivity index (χ2v) is 9.14. The van der Waals surface area contributed by atoms with Crippen molar-refractivity contribution in [2.75, 3.05) is 0 Å². The van der Waals surface area contributed by atoms with Crippen LogP contribution in [-0.2, 0) is 16.6 Å². The summed E-state index contributed by atoms with van der Waals surface area (Å²) in [5.74, 6) is -3.32. The van der Waals surface area contributed by atoms with Crippen LogP contribution in [0.5, 0.6) is 0 Å². The fourth-order valence-corrected chi connectivity index (χ4v) is 5.25. The topological polar surface area (TPSA) is 90.7 Å². The third-order valence-corrected chi connectivity index (χ3v) is 7.03. The molecule has 1 aromatic heterocycles. The van der Waals surface area contributed by atoms with Gasteiger partial charge in [-0.15, -0.1) is 6.58 Å². The van der Waals surface area contributed by atoms with Crippen LogP contribution in [0, 0.1) is 11.7 Å². The molecule has 2 aromatic carbocycles. The van der Waals surface area contributed by atoms with Gasteiger partial charge in [-0.1, -0.05) is 62.4 Å². The van der Waals surface area contributed by atoms with E-state index in [0.29, 0.717) is 17.5 Å². The highest BCUT2D eigenvalue weighted by Crippen LogP contribution is 2.45. The SMILES string of the molecule is C=CC(O)C(c1ccc(F)cc1)C(O)C(C(=O)O)(c1cnc2c(c1)Cc1ccccc1-2)C(C)C. The monoisotopic (exact) mass is 461 g/mol. The second kappa shape index (κ2) is 9.12. The molecule has 0 aliphatic heterocycles. The molecule has 0 saturated heterocycles. The number of hydrogen-bond donors (Lipinski definition) is 3. The molecule has 4 atom stereocenters. The third-order valence-electron chi connectivity index (χ3n) is 7.03. The van der Waals surface area contributed by atoms with Crippen molar-refractivity contribution in [1.82, 2.24) is 4.98 Å². The molecule has 0 radical (unpaired) electrons. The zero-order valence-electron chi connectivity index (χ0n) is 19.1. The highest BCUT2D eigenvalue weighted by Gasteiger charge is 2.54. The van der Waals surface area contributed by atoms with Crippen molar-refractivity contribution in [2.24, 2.45) is 5.92 Å². The van der Waals surface area contributed by atoms with Crippen LogP contribution in [-0.4, -0.2) is 38.5 Å². The predicted octanol–water partition coefficient (Wildman–Crippen LogP) is 4.46. The number of pyridine rings is 1. The number of aliphatic carboxylic acids is 1. The quantitative estimate of drug-likeness (QED) is 0.337. The van der Waals surface area contributed by atoms with Gasteiger partial charge in [-0.3, -0.25) is 9.78 Å². The van der Waals surface area contributed by atoms with Gasteiger partial charge >= 0.3 is 5.97 Å². The van der Waals surface area contributed by atoms with Gasteiger partial charge in [0.1, 0.15) is 11.2 Å². The zero-order chi connectivity index (χ0) is 24.6. The fraction of sp³-hybridized carbons (Fsp3) is 0.286. The Morgan fingerprint density at radius 1 is 1.12 bits per heavy atom. The van der Waals surface area contributed by atoms with Gasteiger partial charge in [-0.2, -0.15) is 0 Å². The number of rotatable bonds is 8. The second-order valence-electron chi connectivity index (χ2n) is 9.14. The van der Waals surface area contributed by atoms with E-state index in [1.165, 1.54) is 36.5 Å². The number of aliphatic hydroxyl groups is 2. The van der Waals surface area contributed by atoms with Crippen LogP contribution >= 0.6 is 0 Å². The Kier molecular flexibility index (Phi) is 6.39. The maximum atomic E-state index is 13.6. The lowest BCUT2D eigenvalue weighted by Gasteiger charge is -2.42. The summed E-state index contributed by atoms with van der Waals surface area (Å²) in [7, 11) is 0. The summed E-state index contributed by atoms with van der Waals surface area (Å²) in [6, 6.07) is 15.0. The zero-order valence-corrected chi connectivity index (χ0v) is 19.1. The standard InChI is InChI=1S/C28H28FNO4/c1-4-23(31)24(17-9-11-21(29)12-10-17)26(32)28(16(2)3,27(33)34)20-14-19-13-18-7-5-6-8-22(18)25(19)30-15-20/h4-12,14-16,23-24,26,31-32H,1,13H2,2-3H3,(H,33,34). The summed E-state index contributed by atoms with van der Waals surface area (Å²) in [6.07, 6.45) is 0.561. The van der Waals surface area contributed by atoms with Gasteiger partial charge in [-0.05, 0) is 40.3 Å². The van der Waals surface area contributed by atoms with Gasteiger partial charge in [0.2, 0.25) is 0 Å². The molecule has 0 bridgehead atoms. The normalized spacial score (nSPS) is 16.8. The van der Waals surface area contributed by atoms with E-state index in [-0.39, 0.29) is 0 Å². The molecule has 4 rings (SSSR count). The number of carboxylic acid groups (broad SMARTS) is 1. The lowest BCUT2D eigenvalue weighted by Crippen LogP contribution is -2.55. The molecular formula is C28H28FNO4. The van der Waals surface area contributed by atoms with Crippen molar-refractivity contribution in [2.45, 2.75) is 43.8 Å². The molecule has 0 amide bonds. The third kappa shape index (κ3) is 3.73. The Hall–Kier alpha value is -3.35. The van der Waals surface area contributed by atoms with E-state index >= 15 is 0 Å². The van der Waals surface area contributed by atoms with E-state index in [0.717, 1.165) is 22.4 Å². The Bertz CT molecular complexity index is 1220. The van der Waals surface area contributed by atoms with E-state index in [2.05, 4.69) is 11.6 Å². The molecular weight excluding hydrogens is 433 g/mol. The molecule has 6 heteroatoms. The number of aromatic nitrogens is 1. The summed E-state index contributed by atoms with van der Waals surface area (Å²) >= 11 is 0. The number of hydrogen-bond acceptors (Lipinski definition) is 4. The van der Waals surface area contributed by atoms with E-state index in [1.54, 1.807) is 13.8 Å². The average Bonchev–Trinajstić information content (AvgIpc) is 3.18. The maximum Gasteiger partial charge on any atom is 0.317 e. The molecule has 0 saturated carbocycles. The number of fused-ring (bicyclic) bond motifs is 3. The van der Waals surface area contributed by atoms with E-state index in [4.69, 9.17) is 0 Å². The molecule has 0 fully saturated rings.